The molecule has 2 aliphatic rings. The minimum absolute atomic E-state index is 0.675. The van der Waals surface area contributed by atoms with Crippen molar-refractivity contribution in [1.29, 1.82) is 0 Å². The summed E-state index contributed by atoms with van der Waals surface area (Å²) < 4.78 is 2.12. The van der Waals surface area contributed by atoms with Crippen LogP contribution < -0.4 is 15.5 Å². The molecule has 0 unspecified atom stereocenters. The van der Waals surface area contributed by atoms with Gasteiger partial charge in [-0.25, -0.2) is 14.6 Å². The van der Waals surface area contributed by atoms with Crippen LogP contribution >= 0.6 is 0 Å². The van der Waals surface area contributed by atoms with E-state index in [0.717, 1.165) is 80.2 Å². The fraction of sp³-hybridized carbons (Fsp3) is 0.600. The molecule has 0 spiro atoms. The highest BCUT2D eigenvalue weighted by molar-refractivity contribution is 5.91. The summed E-state index contributed by atoms with van der Waals surface area (Å²) in [5.74, 6) is 2.40. The van der Waals surface area contributed by atoms with Gasteiger partial charge in [0.05, 0.1) is 5.39 Å². The second-order valence-electron chi connectivity index (χ2n) is 9.39. The van der Waals surface area contributed by atoms with Crippen molar-refractivity contribution in [3.8, 4) is 11.3 Å². The summed E-state index contributed by atoms with van der Waals surface area (Å²) in [6.45, 7) is 8.01. The number of piperazine rings is 1. The molecule has 5 rings (SSSR count). The number of aromatic nitrogens is 5. The van der Waals surface area contributed by atoms with Crippen LogP contribution in [0.5, 0.6) is 0 Å². The third-order valence-electron chi connectivity index (χ3n) is 6.92. The first-order chi connectivity index (χ1) is 16.3. The lowest BCUT2D eigenvalue weighted by molar-refractivity contribution is 0.311. The van der Waals surface area contributed by atoms with Crippen molar-refractivity contribution >= 4 is 22.8 Å². The quantitative estimate of drug-likeness (QED) is 0.502. The average molecular weight is 449 g/mol. The molecule has 33 heavy (non-hydrogen) atoms. The molecule has 176 valence electrons. The number of unbranched alkanes of at least 4 members (excludes halogenated alkanes) is 1. The molecular weight excluding hydrogens is 412 g/mol. The van der Waals surface area contributed by atoms with Crippen molar-refractivity contribution in [2.75, 3.05) is 42.9 Å². The average Bonchev–Trinajstić information content (AvgIpc) is 3.23. The van der Waals surface area contributed by atoms with Crippen LogP contribution in [0.4, 0.5) is 11.8 Å². The lowest BCUT2D eigenvalue weighted by Crippen LogP contribution is -2.43. The van der Waals surface area contributed by atoms with E-state index in [-0.39, 0.29) is 0 Å². The highest BCUT2D eigenvalue weighted by Gasteiger charge is 2.20. The third-order valence-corrected chi connectivity index (χ3v) is 6.92. The van der Waals surface area contributed by atoms with Crippen molar-refractivity contribution in [3.63, 3.8) is 0 Å². The number of anilines is 2. The molecule has 3 aromatic heterocycles. The molecule has 2 fully saturated rings. The SMILES string of the molecule is CCCCNc1ncc2c(-c3ccc(N4CCNCC4)nc3)nn(CC3CCCCC3)c2n1. The first-order valence-corrected chi connectivity index (χ1v) is 12.7. The Morgan fingerprint density at radius 1 is 1.06 bits per heavy atom. The van der Waals surface area contributed by atoms with E-state index in [1.807, 2.05) is 12.4 Å². The number of pyridine rings is 1. The molecule has 2 N–H and O–H groups in total. The molecule has 0 radical (unpaired) electrons. The van der Waals surface area contributed by atoms with Crippen LogP contribution in [0.15, 0.2) is 24.5 Å². The number of nitrogens with zero attached hydrogens (tertiary/aromatic N) is 6. The first kappa shape index (κ1) is 22.1. The molecule has 8 nitrogen and oxygen atoms in total. The van der Waals surface area contributed by atoms with E-state index in [1.54, 1.807) is 0 Å². The van der Waals surface area contributed by atoms with E-state index in [1.165, 1.54) is 32.1 Å². The largest absolute Gasteiger partial charge is 0.354 e. The lowest BCUT2D eigenvalue weighted by Gasteiger charge is -2.28. The van der Waals surface area contributed by atoms with Gasteiger partial charge in [-0.1, -0.05) is 32.6 Å². The zero-order valence-electron chi connectivity index (χ0n) is 19.8. The summed E-state index contributed by atoms with van der Waals surface area (Å²) in [6, 6.07) is 4.26. The smallest absolute Gasteiger partial charge is 0.224 e. The summed E-state index contributed by atoms with van der Waals surface area (Å²) in [6.07, 6.45) is 12.7. The molecule has 0 aromatic carbocycles. The maximum atomic E-state index is 5.06. The first-order valence-electron chi connectivity index (χ1n) is 12.7. The van der Waals surface area contributed by atoms with Gasteiger partial charge >= 0.3 is 0 Å². The van der Waals surface area contributed by atoms with Gasteiger partial charge in [0, 0.05) is 57.2 Å². The van der Waals surface area contributed by atoms with Crippen LogP contribution in [0, 0.1) is 5.92 Å². The number of hydrogen-bond donors (Lipinski definition) is 2. The van der Waals surface area contributed by atoms with Crippen molar-refractivity contribution in [1.82, 2.24) is 30.0 Å². The number of hydrogen-bond acceptors (Lipinski definition) is 7. The number of rotatable bonds is 8. The van der Waals surface area contributed by atoms with Gasteiger partial charge in [0.15, 0.2) is 5.65 Å². The Kier molecular flexibility index (Phi) is 7.00. The molecule has 4 heterocycles. The van der Waals surface area contributed by atoms with Gasteiger partial charge < -0.3 is 15.5 Å². The maximum Gasteiger partial charge on any atom is 0.224 e. The van der Waals surface area contributed by atoms with Crippen LogP contribution in [-0.2, 0) is 6.54 Å². The second kappa shape index (κ2) is 10.5. The molecule has 1 aliphatic carbocycles. The minimum Gasteiger partial charge on any atom is -0.354 e. The van der Waals surface area contributed by atoms with Gasteiger partial charge in [0.1, 0.15) is 11.5 Å². The zero-order chi connectivity index (χ0) is 22.5. The summed E-state index contributed by atoms with van der Waals surface area (Å²) in [7, 11) is 0. The van der Waals surface area contributed by atoms with E-state index < -0.39 is 0 Å². The minimum atomic E-state index is 0.675. The van der Waals surface area contributed by atoms with Crippen LogP contribution in [0.1, 0.15) is 51.9 Å². The Labute approximate surface area is 196 Å². The lowest BCUT2D eigenvalue weighted by atomic mass is 9.89. The van der Waals surface area contributed by atoms with Gasteiger partial charge in [-0.2, -0.15) is 10.1 Å². The fourth-order valence-electron chi connectivity index (χ4n) is 4.98. The van der Waals surface area contributed by atoms with Gasteiger partial charge in [0.25, 0.3) is 0 Å². The van der Waals surface area contributed by atoms with E-state index in [0.29, 0.717) is 11.9 Å². The molecule has 1 saturated heterocycles. The summed E-state index contributed by atoms with van der Waals surface area (Å²) in [5, 5.41) is 12.8. The summed E-state index contributed by atoms with van der Waals surface area (Å²) in [4.78, 5) is 16.6. The molecule has 3 aromatic rings. The molecule has 0 bridgehead atoms. The zero-order valence-corrected chi connectivity index (χ0v) is 19.8. The molecule has 1 saturated carbocycles. The van der Waals surface area contributed by atoms with E-state index in [2.05, 4.69) is 44.3 Å². The summed E-state index contributed by atoms with van der Waals surface area (Å²) >= 11 is 0. The Morgan fingerprint density at radius 3 is 2.67 bits per heavy atom. The second-order valence-corrected chi connectivity index (χ2v) is 9.39. The topological polar surface area (TPSA) is 83.8 Å². The predicted molar refractivity (Wildman–Crippen MR) is 134 cm³/mol. The van der Waals surface area contributed by atoms with Gasteiger partial charge in [0.2, 0.25) is 5.95 Å². The Morgan fingerprint density at radius 2 is 1.91 bits per heavy atom. The number of nitrogens with one attached hydrogen (secondary N) is 2. The van der Waals surface area contributed by atoms with Crippen molar-refractivity contribution in [2.45, 2.75) is 58.4 Å². The van der Waals surface area contributed by atoms with Gasteiger partial charge in [-0.05, 0) is 37.3 Å². The molecule has 8 heteroatoms. The molecule has 1 aliphatic heterocycles. The Bertz CT molecular complexity index is 1030. The van der Waals surface area contributed by atoms with Crippen molar-refractivity contribution in [3.05, 3.63) is 24.5 Å². The summed E-state index contributed by atoms with van der Waals surface area (Å²) in [5.41, 5.74) is 2.88. The van der Waals surface area contributed by atoms with E-state index in [4.69, 9.17) is 15.1 Å². The molecular formula is C25H36N8. The van der Waals surface area contributed by atoms with Gasteiger partial charge in [-0.3, -0.25) is 0 Å². The van der Waals surface area contributed by atoms with E-state index >= 15 is 0 Å². The normalized spacial score (nSPS) is 17.5. The van der Waals surface area contributed by atoms with Crippen LogP contribution in [0.2, 0.25) is 0 Å². The monoisotopic (exact) mass is 448 g/mol. The molecule has 0 atom stereocenters. The highest BCUT2D eigenvalue weighted by atomic mass is 15.3. The van der Waals surface area contributed by atoms with Crippen LogP contribution in [-0.4, -0.2) is 57.5 Å². The van der Waals surface area contributed by atoms with Crippen LogP contribution in [0.3, 0.4) is 0 Å². The van der Waals surface area contributed by atoms with E-state index in [9.17, 15) is 0 Å². The molecule has 0 amide bonds. The number of fused-ring (bicyclic) bond motifs is 1. The maximum absolute atomic E-state index is 5.06. The Balaban J connectivity index is 1.45. The highest BCUT2D eigenvalue weighted by Crippen LogP contribution is 2.31. The fourth-order valence-corrected chi connectivity index (χ4v) is 4.98. The third kappa shape index (κ3) is 5.11. The predicted octanol–water partition coefficient (Wildman–Crippen LogP) is 4.09. The van der Waals surface area contributed by atoms with Crippen molar-refractivity contribution in [2.24, 2.45) is 5.92 Å². The standard InChI is InChI=1S/C25H36N8/c1-2-3-11-27-25-29-17-21-23(20-9-10-22(28-16-20)32-14-12-26-13-15-32)31-33(24(21)30-25)18-19-7-5-4-6-8-19/h9-10,16-17,19,26H,2-8,11-15,18H2,1H3,(H,27,29,30). The van der Waals surface area contributed by atoms with Crippen molar-refractivity contribution < 1.29 is 0 Å². The van der Waals surface area contributed by atoms with Gasteiger partial charge in [-0.15, -0.1) is 0 Å². The Hall–Kier alpha value is -2.74. The van der Waals surface area contributed by atoms with Crippen LogP contribution in [0.25, 0.3) is 22.3 Å².